The molecule has 0 aliphatic carbocycles. The van der Waals surface area contributed by atoms with Crippen LogP contribution in [0.2, 0.25) is 0 Å². The maximum absolute atomic E-state index is 5.52. The number of rotatable bonds is 7. The summed E-state index contributed by atoms with van der Waals surface area (Å²) in [7, 11) is 1.89. The lowest BCUT2D eigenvalue weighted by Crippen LogP contribution is -2.14. The van der Waals surface area contributed by atoms with Crippen LogP contribution in [0, 0.1) is 0 Å². The van der Waals surface area contributed by atoms with Gasteiger partial charge in [0, 0.05) is 13.1 Å². The number of aromatic nitrogens is 2. The maximum Gasteiger partial charge on any atom is 0.157 e. The largest absolute Gasteiger partial charge is 0.486 e. The van der Waals surface area contributed by atoms with Crippen LogP contribution < -0.4 is 10.1 Å². The number of likely N-dealkylation sites (N-methyl/N-ethyl adjacent to an activating group) is 1. The lowest BCUT2D eigenvalue weighted by molar-refractivity contribution is 0.348. The fourth-order valence-electron chi connectivity index (χ4n) is 1.26. The zero-order chi connectivity index (χ0) is 11.1. The van der Waals surface area contributed by atoms with E-state index in [4.69, 9.17) is 4.74 Å². The van der Waals surface area contributed by atoms with Gasteiger partial charge in [-0.25, -0.2) is 0 Å². The minimum absolute atomic E-state index is 0.540. The van der Waals surface area contributed by atoms with Crippen LogP contribution in [0.1, 0.15) is 13.3 Å². The van der Waals surface area contributed by atoms with E-state index in [0.29, 0.717) is 6.61 Å². The molecular formula is C11H19N3O. The van der Waals surface area contributed by atoms with E-state index in [1.54, 1.807) is 6.20 Å². The Bertz CT molecular complexity index is 307. The van der Waals surface area contributed by atoms with Gasteiger partial charge in [-0.2, -0.15) is 5.10 Å². The first-order valence-electron chi connectivity index (χ1n) is 5.22. The van der Waals surface area contributed by atoms with Gasteiger partial charge in [-0.05, 0) is 19.0 Å². The van der Waals surface area contributed by atoms with Crippen LogP contribution in [0.5, 0.6) is 5.75 Å². The topological polar surface area (TPSA) is 39.1 Å². The first-order chi connectivity index (χ1) is 7.26. The molecule has 1 aromatic rings. The van der Waals surface area contributed by atoms with Crippen LogP contribution >= 0.6 is 0 Å². The second kappa shape index (κ2) is 6.24. The Hall–Kier alpha value is -1.29. The third-order valence-corrected chi connectivity index (χ3v) is 1.93. The van der Waals surface area contributed by atoms with Gasteiger partial charge >= 0.3 is 0 Å². The summed E-state index contributed by atoms with van der Waals surface area (Å²) in [6.07, 6.45) is 4.73. The van der Waals surface area contributed by atoms with Crippen molar-refractivity contribution >= 4 is 0 Å². The van der Waals surface area contributed by atoms with E-state index in [2.05, 4.69) is 23.9 Å². The summed E-state index contributed by atoms with van der Waals surface area (Å²) in [6.45, 7) is 8.26. The Balaban J connectivity index is 2.34. The van der Waals surface area contributed by atoms with Gasteiger partial charge < -0.3 is 10.1 Å². The zero-order valence-corrected chi connectivity index (χ0v) is 9.49. The zero-order valence-electron chi connectivity index (χ0n) is 9.49. The molecule has 0 atom stereocenters. The minimum atomic E-state index is 0.540. The van der Waals surface area contributed by atoms with E-state index in [-0.39, 0.29) is 0 Å². The van der Waals surface area contributed by atoms with Crippen LogP contribution in [-0.4, -0.2) is 30.0 Å². The third-order valence-electron chi connectivity index (χ3n) is 1.93. The summed E-state index contributed by atoms with van der Waals surface area (Å²) in [5.41, 5.74) is 1.03. The molecular weight excluding hydrogens is 190 g/mol. The van der Waals surface area contributed by atoms with Crippen molar-refractivity contribution in [1.82, 2.24) is 15.1 Å². The van der Waals surface area contributed by atoms with Gasteiger partial charge in [0.05, 0.1) is 12.4 Å². The Morgan fingerprint density at radius 3 is 3.13 bits per heavy atom. The van der Waals surface area contributed by atoms with Crippen LogP contribution in [0.3, 0.4) is 0 Å². The van der Waals surface area contributed by atoms with Gasteiger partial charge in [0.15, 0.2) is 5.75 Å². The van der Waals surface area contributed by atoms with E-state index < -0.39 is 0 Å². The van der Waals surface area contributed by atoms with Crippen LogP contribution in [-0.2, 0) is 6.54 Å². The molecule has 1 N–H and O–H groups in total. The Morgan fingerprint density at radius 2 is 2.47 bits per heavy atom. The summed E-state index contributed by atoms with van der Waals surface area (Å²) in [5.74, 6) is 0.806. The molecule has 0 fully saturated rings. The maximum atomic E-state index is 5.52. The van der Waals surface area contributed by atoms with Crippen LogP contribution in [0.4, 0.5) is 0 Å². The highest BCUT2D eigenvalue weighted by Gasteiger charge is 1.99. The monoisotopic (exact) mass is 209 g/mol. The molecule has 0 saturated heterocycles. The molecule has 0 amide bonds. The molecule has 0 unspecified atom stereocenters. The van der Waals surface area contributed by atoms with Gasteiger partial charge in [0.2, 0.25) is 0 Å². The van der Waals surface area contributed by atoms with Crippen molar-refractivity contribution in [2.75, 3.05) is 20.2 Å². The molecule has 0 aliphatic heterocycles. The van der Waals surface area contributed by atoms with Crippen molar-refractivity contribution in [1.29, 1.82) is 0 Å². The molecule has 0 radical (unpaired) electrons. The highest BCUT2D eigenvalue weighted by Crippen LogP contribution is 2.09. The predicted molar refractivity (Wildman–Crippen MR) is 61.1 cm³/mol. The number of ether oxygens (including phenoxy) is 1. The van der Waals surface area contributed by atoms with Crippen molar-refractivity contribution in [3.8, 4) is 5.75 Å². The SMILES string of the molecule is C=C(CNC)COc1cnn(CCC)c1. The van der Waals surface area contributed by atoms with Crippen LogP contribution in [0.15, 0.2) is 24.5 Å². The van der Waals surface area contributed by atoms with Crippen molar-refractivity contribution in [2.45, 2.75) is 19.9 Å². The van der Waals surface area contributed by atoms with Gasteiger partial charge in [-0.1, -0.05) is 13.5 Å². The summed E-state index contributed by atoms with van der Waals surface area (Å²) in [6, 6.07) is 0. The van der Waals surface area contributed by atoms with Crippen molar-refractivity contribution < 1.29 is 4.74 Å². The van der Waals surface area contributed by atoms with Gasteiger partial charge in [-0.3, -0.25) is 4.68 Å². The highest BCUT2D eigenvalue weighted by molar-refractivity contribution is 5.13. The second-order valence-corrected chi connectivity index (χ2v) is 3.51. The first kappa shape index (κ1) is 11.8. The molecule has 1 heterocycles. The average Bonchev–Trinajstić information content (AvgIpc) is 2.64. The number of nitrogens with one attached hydrogen (secondary N) is 1. The number of nitrogens with zero attached hydrogens (tertiary/aromatic N) is 2. The first-order valence-corrected chi connectivity index (χ1v) is 5.22. The molecule has 0 saturated carbocycles. The lowest BCUT2D eigenvalue weighted by Gasteiger charge is -2.05. The third kappa shape index (κ3) is 4.16. The highest BCUT2D eigenvalue weighted by atomic mass is 16.5. The molecule has 4 nitrogen and oxygen atoms in total. The summed E-state index contributed by atoms with van der Waals surface area (Å²) in [4.78, 5) is 0. The predicted octanol–water partition coefficient (Wildman–Crippen LogP) is 1.45. The minimum Gasteiger partial charge on any atom is -0.486 e. The second-order valence-electron chi connectivity index (χ2n) is 3.51. The average molecular weight is 209 g/mol. The van der Waals surface area contributed by atoms with Gasteiger partial charge in [0.25, 0.3) is 0 Å². The molecule has 4 heteroatoms. The van der Waals surface area contributed by atoms with E-state index in [1.807, 2.05) is 17.9 Å². The van der Waals surface area contributed by atoms with E-state index in [9.17, 15) is 0 Å². The molecule has 0 spiro atoms. The van der Waals surface area contributed by atoms with E-state index in [1.165, 1.54) is 0 Å². The van der Waals surface area contributed by atoms with Crippen LogP contribution in [0.25, 0.3) is 0 Å². The molecule has 1 aromatic heterocycles. The lowest BCUT2D eigenvalue weighted by atomic mass is 10.3. The molecule has 0 bridgehead atoms. The summed E-state index contributed by atoms with van der Waals surface area (Å²) < 4.78 is 7.41. The van der Waals surface area contributed by atoms with E-state index >= 15 is 0 Å². The van der Waals surface area contributed by atoms with Gasteiger partial charge in [-0.15, -0.1) is 0 Å². The Labute approximate surface area is 90.9 Å². The summed E-state index contributed by atoms with van der Waals surface area (Å²) in [5, 5.41) is 7.21. The normalized spacial score (nSPS) is 10.3. The van der Waals surface area contributed by atoms with Crippen molar-refractivity contribution in [3.05, 3.63) is 24.5 Å². The van der Waals surface area contributed by atoms with E-state index in [0.717, 1.165) is 30.8 Å². The Morgan fingerprint density at radius 1 is 1.67 bits per heavy atom. The number of aryl methyl sites for hydroxylation is 1. The quantitative estimate of drug-likeness (QED) is 0.691. The fourth-order valence-corrected chi connectivity index (χ4v) is 1.26. The summed E-state index contributed by atoms with van der Waals surface area (Å²) >= 11 is 0. The number of hydrogen-bond donors (Lipinski definition) is 1. The molecule has 15 heavy (non-hydrogen) atoms. The standard InChI is InChI=1S/C11H19N3O/c1-4-5-14-8-11(7-13-14)15-9-10(2)6-12-3/h7-8,12H,2,4-6,9H2,1,3H3. The Kier molecular flexibility index (Phi) is 4.90. The molecule has 0 aliphatic rings. The van der Waals surface area contributed by atoms with Gasteiger partial charge in [0.1, 0.15) is 6.61 Å². The van der Waals surface area contributed by atoms with Crippen molar-refractivity contribution in [3.63, 3.8) is 0 Å². The number of hydrogen-bond acceptors (Lipinski definition) is 3. The fraction of sp³-hybridized carbons (Fsp3) is 0.545. The smallest absolute Gasteiger partial charge is 0.157 e. The molecule has 84 valence electrons. The van der Waals surface area contributed by atoms with Crippen molar-refractivity contribution in [2.24, 2.45) is 0 Å². The molecule has 1 rings (SSSR count). The molecule has 0 aromatic carbocycles.